The highest BCUT2D eigenvalue weighted by Crippen LogP contribution is 2.47. The molecule has 7 aromatic rings. The first kappa shape index (κ1) is 22.7. The van der Waals surface area contributed by atoms with E-state index in [1.165, 1.54) is 15.8 Å². The van der Waals surface area contributed by atoms with Crippen LogP contribution >= 0.6 is 11.3 Å². The summed E-state index contributed by atoms with van der Waals surface area (Å²) in [4.78, 5) is 18.0. The standard InChI is InChI=1S/C31H26N6OS/c1-14(2)30-34-23-13-38-28-19(25(23)35-30)8-6-17-10-24(39-29(17)28)16-5-7-18-20(9-16)21-11-32-33-12-22(21)27-26(18)36-31(37-27)15(3)4/h5-12,14-15H,13H2,1-4H3,(H,34,35)(H,36,37). The third-order valence-electron chi connectivity index (χ3n) is 7.73. The van der Waals surface area contributed by atoms with Crippen LogP contribution in [0.4, 0.5) is 0 Å². The lowest BCUT2D eigenvalue weighted by molar-refractivity contribution is 0.302. The van der Waals surface area contributed by atoms with Crippen LogP contribution in [0.5, 0.6) is 5.75 Å². The fraction of sp³-hybridized carbons (Fsp3) is 0.226. The number of rotatable bonds is 3. The molecule has 7 nitrogen and oxygen atoms in total. The van der Waals surface area contributed by atoms with E-state index in [1.54, 1.807) is 11.3 Å². The summed E-state index contributed by atoms with van der Waals surface area (Å²) in [6.45, 7) is 9.10. The lowest BCUT2D eigenvalue weighted by Gasteiger charge is -2.17. The molecule has 0 spiro atoms. The van der Waals surface area contributed by atoms with Gasteiger partial charge in [-0.25, -0.2) is 9.97 Å². The number of aromatic nitrogens is 6. The Hall–Kier alpha value is -4.30. The van der Waals surface area contributed by atoms with Gasteiger partial charge >= 0.3 is 0 Å². The molecule has 0 bridgehead atoms. The predicted octanol–water partition coefficient (Wildman–Crippen LogP) is 8.07. The van der Waals surface area contributed by atoms with Crippen LogP contribution in [-0.4, -0.2) is 30.1 Å². The normalized spacial score (nSPS) is 13.2. The molecule has 0 fully saturated rings. The number of benzene rings is 3. The summed E-state index contributed by atoms with van der Waals surface area (Å²) in [6.07, 6.45) is 3.68. The molecule has 5 heterocycles. The number of H-pyrrole nitrogens is 2. The van der Waals surface area contributed by atoms with E-state index >= 15 is 0 Å². The summed E-state index contributed by atoms with van der Waals surface area (Å²) in [5.74, 6) is 3.57. The maximum atomic E-state index is 6.30. The Morgan fingerprint density at radius 1 is 0.821 bits per heavy atom. The van der Waals surface area contributed by atoms with Crippen molar-refractivity contribution in [1.29, 1.82) is 0 Å². The first-order valence-corrected chi connectivity index (χ1v) is 14.1. The fourth-order valence-corrected chi connectivity index (χ4v) is 6.81. The Kier molecular flexibility index (Phi) is 4.71. The van der Waals surface area contributed by atoms with Gasteiger partial charge in [-0.2, -0.15) is 10.2 Å². The monoisotopic (exact) mass is 530 g/mol. The number of hydrogen-bond donors (Lipinski definition) is 2. The maximum Gasteiger partial charge on any atom is 0.147 e. The van der Waals surface area contributed by atoms with Gasteiger partial charge in [-0.15, -0.1) is 11.3 Å². The second kappa shape index (κ2) is 8.10. The number of hydrogen-bond acceptors (Lipinski definition) is 6. The zero-order valence-corrected chi connectivity index (χ0v) is 22.9. The van der Waals surface area contributed by atoms with Crippen LogP contribution in [0.2, 0.25) is 0 Å². The quantitative estimate of drug-likeness (QED) is 0.225. The minimum atomic E-state index is 0.304. The summed E-state index contributed by atoms with van der Waals surface area (Å²) >= 11 is 1.77. The molecule has 0 unspecified atom stereocenters. The largest absolute Gasteiger partial charge is 0.485 e. The summed E-state index contributed by atoms with van der Waals surface area (Å²) in [5, 5.41) is 13.9. The van der Waals surface area contributed by atoms with Gasteiger partial charge in [0.25, 0.3) is 0 Å². The van der Waals surface area contributed by atoms with E-state index in [1.807, 2.05) is 12.4 Å². The van der Waals surface area contributed by atoms with Gasteiger partial charge in [0.1, 0.15) is 29.7 Å². The Bertz CT molecular complexity index is 2100. The Morgan fingerprint density at radius 3 is 2.44 bits per heavy atom. The van der Waals surface area contributed by atoms with Gasteiger partial charge in [-0.1, -0.05) is 45.9 Å². The van der Waals surface area contributed by atoms with E-state index in [2.05, 4.69) is 84.3 Å². The molecule has 0 radical (unpaired) electrons. The van der Waals surface area contributed by atoms with Crippen LogP contribution in [-0.2, 0) is 6.61 Å². The van der Waals surface area contributed by atoms with E-state index in [-0.39, 0.29) is 0 Å². The van der Waals surface area contributed by atoms with Crippen molar-refractivity contribution in [2.75, 3.05) is 0 Å². The van der Waals surface area contributed by atoms with Gasteiger partial charge in [0.15, 0.2) is 0 Å². The summed E-state index contributed by atoms with van der Waals surface area (Å²) in [7, 11) is 0. The first-order chi connectivity index (χ1) is 19.0. The smallest absolute Gasteiger partial charge is 0.147 e. The Labute approximate surface area is 228 Å². The summed E-state index contributed by atoms with van der Waals surface area (Å²) in [5.41, 5.74) is 6.32. The van der Waals surface area contributed by atoms with E-state index in [9.17, 15) is 0 Å². The highest BCUT2D eigenvalue weighted by atomic mass is 32.1. The Balaban J connectivity index is 1.31. The van der Waals surface area contributed by atoms with Crippen molar-refractivity contribution in [3.8, 4) is 27.4 Å². The molecule has 1 aliphatic heterocycles. The maximum absolute atomic E-state index is 6.30. The van der Waals surface area contributed by atoms with E-state index in [0.717, 1.165) is 71.6 Å². The molecule has 0 aliphatic carbocycles. The molecular weight excluding hydrogens is 504 g/mol. The van der Waals surface area contributed by atoms with Crippen molar-refractivity contribution < 1.29 is 4.74 Å². The first-order valence-electron chi connectivity index (χ1n) is 13.3. The number of nitrogens with zero attached hydrogens (tertiary/aromatic N) is 4. The molecule has 39 heavy (non-hydrogen) atoms. The zero-order valence-electron chi connectivity index (χ0n) is 22.1. The zero-order chi connectivity index (χ0) is 26.4. The third kappa shape index (κ3) is 3.27. The van der Waals surface area contributed by atoms with Crippen LogP contribution in [0.3, 0.4) is 0 Å². The van der Waals surface area contributed by atoms with Gasteiger partial charge in [0, 0.05) is 38.4 Å². The van der Waals surface area contributed by atoms with Crippen molar-refractivity contribution in [1.82, 2.24) is 30.1 Å². The number of nitrogens with one attached hydrogen (secondary N) is 2. The van der Waals surface area contributed by atoms with E-state index in [0.29, 0.717) is 18.4 Å². The van der Waals surface area contributed by atoms with Crippen molar-refractivity contribution in [3.63, 3.8) is 0 Å². The molecule has 1 aliphatic rings. The van der Waals surface area contributed by atoms with Crippen LogP contribution in [0.25, 0.3) is 64.4 Å². The van der Waals surface area contributed by atoms with E-state index < -0.39 is 0 Å². The fourth-order valence-electron chi connectivity index (χ4n) is 5.65. The molecular formula is C31H26N6OS. The lowest BCUT2D eigenvalue weighted by Crippen LogP contribution is -2.05. The number of aromatic amines is 2. The average molecular weight is 531 g/mol. The van der Waals surface area contributed by atoms with E-state index in [4.69, 9.17) is 14.7 Å². The molecule has 4 aromatic heterocycles. The number of fused-ring (bicyclic) bond motifs is 11. The van der Waals surface area contributed by atoms with Gasteiger partial charge in [-0.05, 0) is 34.5 Å². The van der Waals surface area contributed by atoms with Gasteiger partial charge in [-0.3, -0.25) is 0 Å². The third-order valence-corrected chi connectivity index (χ3v) is 8.92. The minimum Gasteiger partial charge on any atom is -0.485 e. The molecule has 3 aromatic carbocycles. The van der Waals surface area contributed by atoms with Gasteiger partial charge in [0.2, 0.25) is 0 Å². The molecule has 8 rings (SSSR count). The summed E-state index contributed by atoms with van der Waals surface area (Å²) < 4.78 is 7.47. The number of imidazole rings is 2. The number of ether oxygens (including phenoxy) is 1. The molecule has 8 heteroatoms. The second-order valence-corrected chi connectivity index (χ2v) is 12.0. The topological polar surface area (TPSA) is 92.4 Å². The van der Waals surface area contributed by atoms with Crippen LogP contribution in [0, 0.1) is 0 Å². The molecule has 2 N–H and O–H groups in total. The summed E-state index contributed by atoms with van der Waals surface area (Å²) in [6, 6.07) is 13.3. The second-order valence-electron chi connectivity index (χ2n) is 10.9. The lowest BCUT2D eigenvalue weighted by atomic mass is 9.99. The highest BCUT2D eigenvalue weighted by molar-refractivity contribution is 7.22. The molecule has 0 atom stereocenters. The SMILES string of the molecule is CC(C)c1nc2c([nH]1)-c1ccc3cc(-c4ccc5c(c4)c4cnncc4c4nc(C(C)C)[nH]c54)sc3c1OC2. The molecule has 192 valence electrons. The number of thiophene rings is 1. The van der Waals surface area contributed by atoms with Crippen molar-refractivity contribution in [2.45, 2.75) is 46.1 Å². The predicted molar refractivity (Wildman–Crippen MR) is 158 cm³/mol. The molecule has 0 saturated heterocycles. The van der Waals surface area contributed by atoms with Crippen LogP contribution in [0.1, 0.15) is 56.9 Å². The van der Waals surface area contributed by atoms with Crippen LogP contribution < -0.4 is 4.74 Å². The highest BCUT2D eigenvalue weighted by Gasteiger charge is 2.25. The van der Waals surface area contributed by atoms with Crippen LogP contribution in [0.15, 0.2) is 48.8 Å². The van der Waals surface area contributed by atoms with Crippen molar-refractivity contribution in [3.05, 3.63) is 66.1 Å². The van der Waals surface area contributed by atoms with Crippen molar-refractivity contribution in [2.24, 2.45) is 0 Å². The van der Waals surface area contributed by atoms with Crippen molar-refractivity contribution >= 4 is 54.0 Å². The van der Waals surface area contributed by atoms with Gasteiger partial charge in [0.05, 0.1) is 33.8 Å². The molecule has 0 amide bonds. The molecule has 0 saturated carbocycles. The average Bonchev–Trinajstić information content (AvgIpc) is 3.69. The minimum absolute atomic E-state index is 0.304. The van der Waals surface area contributed by atoms with Gasteiger partial charge < -0.3 is 14.7 Å². The Morgan fingerprint density at radius 2 is 1.62 bits per heavy atom.